The average molecular weight is 412 g/mol. The molecule has 164 valence electrons. The third kappa shape index (κ3) is 4.65. The van der Waals surface area contributed by atoms with Crippen molar-refractivity contribution < 1.29 is 14.3 Å². The number of carbonyl (C=O) groups is 1. The lowest BCUT2D eigenvalue weighted by Crippen LogP contribution is -2.38. The van der Waals surface area contributed by atoms with E-state index in [1.807, 2.05) is 0 Å². The van der Waals surface area contributed by atoms with Crippen molar-refractivity contribution in [2.75, 3.05) is 13.1 Å². The van der Waals surface area contributed by atoms with Crippen LogP contribution in [0.15, 0.2) is 42.0 Å². The lowest BCUT2D eigenvalue weighted by atomic mass is 9.75. The monoisotopic (exact) mass is 411 g/mol. The Balaban J connectivity index is 1.43. The number of nitrogens with zero attached hydrogens (tertiary/aromatic N) is 1. The van der Waals surface area contributed by atoms with Gasteiger partial charge in [0, 0.05) is 30.2 Å². The molecule has 1 aliphatic carbocycles. The van der Waals surface area contributed by atoms with Crippen molar-refractivity contribution in [1.29, 1.82) is 0 Å². The highest BCUT2D eigenvalue weighted by Crippen LogP contribution is 2.40. The van der Waals surface area contributed by atoms with Gasteiger partial charge in [-0.2, -0.15) is 0 Å². The van der Waals surface area contributed by atoms with Crippen LogP contribution >= 0.6 is 0 Å². The smallest absolute Gasteiger partial charge is 0.333 e. The van der Waals surface area contributed by atoms with Crippen molar-refractivity contribution in [3.8, 4) is 0 Å². The van der Waals surface area contributed by atoms with E-state index in [0.29, 0.717) is 29.7 Å². The summed E-state index contributed by atoms with van der Waals surface area (Å²) in [6.07, 6.45) is 5.97. The minimum absolute atomic E-state index is 0.175. The Kier molecular flexibility index (Phi) is 6.64. The number of rotatable bonds is 6. The first-order chi connectivity index (χ1) is 14.4. The van der Waals surface area contributed by atoms with Gasteiger partial charge in [-0.05, 0) is 56.0 Å². The van der Waals surface area contributed by atoms with E-state index in [9.17, 15) is 4.79 Å². The number of benzene rings is 1. The van der Waals surface area contributed by atoms with Gasteiger partial charge in [0.25, 0.3) is 0 Å². The quantitative estimate of drug-likeness (QED) is 0.591. The van der Waals surface area contributed by atoms with Gasteiger partial charge in [-0.25, -0.2) is 4.79 Å². The zero-order valence-corrected chi connectivity index (χ0v) is 18.9. The Labute approximate surface area is 181 Å². The molecule has 0 amide bonds. The fourth-order valence-corrected chi connectivity index (χ4v) is 5.61. The van der Waals surface area contributed by atoms with Crippen molar-refractivity contribution in [2.24, 2.45) is 23.7 Å². The van der Waals surface area contributed by atoms with Crippen molar-refractivity contribution in [2.45, 2.75) is 71.8 Å². The summed E-state index contributed by atoms with van der Waals surface area (Å²) < 4.78 is 12.2. The molecular weight excluding hydrogens is 374 g/mol. The summed E-state index contributed by atoms with van der Waals surface area (Å²) in [5.74, 6) is 1.88. The van der Waals surface area contributed by atoms with Crippen LogP contribution in [0.4, 0.5) is 0 Å². The van der Waals surface area contributed by atoms with E-state index in [1.54, 1.807) is 6.08 Å². The van der Waals surface area contributed by atoms with Gasteiger partial charge in [-0.3, -0.25) is 4.90 Å². The summed E-state index contributed by atoms with van der Waals surface area (Å²) in [5, 5.41) is 0. The minimum Gasteiger partial charge on any atom is -0.428 e. The number of hydrogen-bond acceptors (Lipinski definition) is 4. The number of cyclic esters (lactones) is 1. The van der Waals surface area contributed by atoms with E-state index < -0.39 is 6.29 Å². The largest absolute Gasteiger partial charge is 0.428 e. The number of carbonyl (C=O) groups excluding carboxylic acids is 1. The molecule has 0 radical (unpaired) electrons. The Morgan fingerprint density at radius 2 is 1.87 bits per heavy atom. The summed E-state index contributed by atoms with van der Waals surface area (Å²) in [7, 11) is 0. The first-order valence-corrected chi connectivity index (χ1v) is 11.8. The van der Waals surface area contributed by atoms with E-state index in [4.69, 9.17) is 9.47 Å². The van der Waals surface area contributed by atoms with Gasteiger partial charge in [0.15, 0.2) is 0 Å². The second-order valence-corrected chi connectivity index (χ2v) is 9.98. The van der Waals surface area contributed by atoms with Crippen molar-refractivity contribution >= 4 is 5.97 Å². The Bertz CT molecular complexity index is 759. The molecule has 2 fully saturated rings. The maximum atomic E-state index is 12.2. The third-order valence-corrected chi connectivity index (χ3v) is 7.56. The molecule has 1 saturated heterocycles. The summed E-state index contributed by atoms with van der Waals surface area (Å²) >= 11 is 0. The van der Waals surface area contributed by atoms with Crippen LogP contribution in [0.5, 0.6) is 0 Å². The van der Waals surface area contributed by atoms with Crippen LogP contribution in [-0.4, -0.2) is 36.4 Å². The fraction of sp³-hybridized carbons (Fsp3) is 0.654. The van der Waals surface area contributed by atoms with Gasteiger partial charge in [0.1, 0.15) is 0 Å². The number of ether oxygens (including phenoxy) is 2. The van der Waals surface area contributed by atoms with E-state index in [2.05, 4.69) is 62.9 Å². The molecule has 0 N–H and O–H groups in total. The maximum Gasteiger partial charge on any atom is 0.333 e. The lowest BCUT2D eigenvalue weighted by molar-refractivity contribution is -0.182. The predicted octanol–water partition coefficient (Wildman–Crippen LogP) is 5.36. The molecule has 1 aromatic carbocycles. The van der Waals surface area contributed by atoms with Gasteiger partial charge in [-0.1, -0.05) is 57.5 Å². The van der Waals surface area contributed by atoms with Gasteiger partial charge in [0.05, 0.1) is 6.10 Å². The second-order valence-electron chi connectivity index (χ2n) is 9.98. The van der Waals surface area contributed by atoms with Crippen molar-refractivity contribution in [1.82, 2.24) is 4.90 Å². The normalized spacial score (nSPS) is 33.6. The molecule has 0 spiro atoms. The van der Waals surface area contributed by atoms with Crippen LogP contribution in [-0.2, 0) is 14.3 Å². The maximum absolute atomic E-state index is 12.2. The van der Waals surface area contributed by atoms with Gasteiger partial charge < -0.3 is 9.47 Å². The molecule has 4 nitrogen and oxygen atoms in total. The molecule has 0 bridgehead atoms. The lowest BCUT2D eigenvalue weighted by Gasteiger charge is -2.38. The van der Waals surface area contributed by atoms with E-state index in [1.165, 1.54) is 18.4 Å². The molecule has 4 rings (SSSR count). The minimum atomic E-state index is -0.494. The molecule has 30 heavy (non-hydrogen) atoms. The van der Waals surface area contributed by atoms with E-state index >= 15 is 0 Å². The molecule has 1 aromatic rings. The van der Waals surface area contributed by atoms with E-state index in [0.717, 1.165) is 31.5 Å². The highest BCUT2D eigenvalue weighted by atomic mass is 16.7. The van der Waals surface area contributed by atoms with Crippen LogP contribution in [0.3, 0.4) is 0 Å². The highest BCUT2D eigenvalue weighted by Gasteiger charge is 2.41. The number of likely N-dealkylation sites (tertiary alicyclic amines) is 1. The van der Waals surface area contributed by atoms with Crippen LogP contribution in [0.2, 0.25) is 0 Å². The summed E-state index contributed by atoms with van der Waals surface area (Å²) in [4.78, 5) is 14.7. The first kappa shape index (κ1) is 21.6. The molecule has 6 atom stereocenters. The zero-order chi connectivity index (χ0) is 21.3. The standard InChI is InChI=1S/C26H37NO3/c1-17(2)22-11-10-18(3)14-24(22)29-26-23(15-25(28)30-26)21-12-13-27(16-21)19(4)20-8-6-5-7-9-20/h5-9,15,17-19,21-22,24,26H,10-14,16H2,1-4H3/t18-,19+,21+,22+,24-,26+/m1/s1. The molecule has 2 heterocycles. The highest BCUT2D eigenvalue weighted by molar-refractivity contribution is 5.85. The third-order valence-electron chi connectivity index (χ3n) is 7.56. The zero-order valence-electron chi connectivity index (χ0n) is 18.9. The van der Waals surface area contributed by atoms with Crippen molar-refractivity contribution in [3.05, 3.63) is 47.5 Å². The fourth-order valence-electron chi connectivity index (χ4n) is 5.61. The summed E-state index contributed by atoms with van der Waals surface area (Å²) in [6.45, 7) is 11.1. The van der Waals surface area contributed by atoms with Crippen LogP contribution in [0, 0.1) is 23.7 Å². The second kappa shape index (κ2) is 9.23. The van der Waals surface area contributed by atoms with Crippen LogP contribution in [0.1, 0.15) is 65.0 Å². The average Bonchev–Trinajstić information content (AvgIpc) is 3.34. The molecular formula is C26H37NO3. The first-order valence-electron chi connectivity index (χ1n) is 11.8. The molecule has 0 aromatic heterocycles. The predicted molar refractivity (Wildman–Crippen MR) is 119 cm³/mol. The van der Waals surface area contributed by atoms with Gasteiger partial charge >= 0.3 is 5.97 Å². The van der Waals surface area contributed by atoms with Crippen LogP contribution < -0.4 is 0 Å². The molecule has 0 unspecified atom stereocenters. The Morgan fingerprint density at radius 1 is 1.10 bits per heavy atom. The van der Waals surface area contributed by atoms with Crippen molar-refractivity contribution in [3.63, 3.8) is 0 Å². The molecule has 3 aliphatic rings. The number of esters is 1. The summed E-state index contributed by atoms with van der Waals surface area (Å²) in [6, 6.07) is 11.0. The van der Waals surface area contributed by atoms with Gasteiger partial charge in [-0.15, -0.1) is 0 Å². The Hall–Kier alpha value is -1.65. The Morgan fingerprint density at radius 3 is 2.60 bits per heavy atom. The van der Waals surface area contributed by atoms with Gasteiger partial charge in [0.2, 0.25) is 6.29 Å². The van der Waals surface area contributed by atoms with Crippen LogP contribution in [0.25, 0.3) is 0 Å². The van der Waals surface area contributed by atoms with E-state index in [-0.39, 0.29) is 12.1 Å². The summed E-state index contributed by atoms with van der Waals surface area (Å²) in [5.41, 5.74) is 2.40. The molecule has 2 aliphatic heterocycles. The molecule has 4 heteroatoms. The number of hydrogen-bond donors (Lipinski definition) is 0. The SMILES string of the molecule is CC(C)[C@@H]1CC[C@@H](C)C[C@H]1O[C@H]1OC(=O)C=C1[C@H]1CCN([C@@H](C)c2ccccc2)C1. The topological polar surface area (TPSA) is 38.8 Å². The molecule has 1 saturated carbocycles.